The molecule has 236 valence electrons. The second-order valence-corrected chi connectivity index (χ2v) is 12.1. The number of aliphatic hydroxyl groups is 1. The number of aliphatic hydroxyl groups excluding tert-OH is 1. The van der Waals surface area contributed by atoms with E-state index in [-0.39, 0.29) is 30.6 Å². The van der Waals surface area contributed by atoms with Crippen molar-refractivity contribution < 1.29 is 24.2 Å². The normalized spacial score (nSPS) is 19.3. The maximum absolute atomic E-state index is 13.1. The number of carbonyl (C=O) groups is 2. The monoisotopic (exact) mass is 624 g/mol. The minimum Gasteiger partial charge on any atom is -0.392 e. The van der Waals surface area contributed by atoms with Crippen LogP contribution in [0.2, 0.25) is 0 Å². The van der Waals surface area contributed by atoms with Crippen LogP contribution < -0.4 is 4.90 Å². The third-order valence-corrected chi connectivity index (χ3v) is 8.79. The molecule has 0 spiro atoms. The molecule has 1 N–H and O–H groups in total. The van der Waals surface area contributed by atoms with Gasteiger partial charge in [-0.25, -0.2) is 4.90 Å². The average molecular weight is 625 g/mol. The lowest BCUT2D eigenvalue weighted by Gasteiger charge is -2.38. The average Bonchev–Trinajstić information content (AvgIpc) is 3.38. The van der Waals surface area contributed by atoms with Gasteiger partial charge in [0.15, 0.2) is 6.29 Å². The molecule has 5 aromatic rings. The predicted molar refractivity (Wildman–Crippen MR) is 179 cm³/mol. The van der Waals surface area contributed by atoms with E-state index >= 15 is 0 Å². The van der Waals surface area contributed by atoms with Gasteiger partial charge < -0.3 is 14.6 Å². The summed E-state index contributed by atoms with van der Waals surface area (Å²) in [4.78, 5) is 29.8. The summed E-state index contributed by atoms with van der Waals surface area (Å²) in [6.45, 7) is 2.20. The Kier molecular flexibility index (Phi) is 9.04. The lowest BCUT2D eigenvalue weighted by molar-refractivity contribution is -0.253. The summed E-state index contributed by atoms with van der Waals surface area (Å²) >= 11 is 0. The molecule has 7 heteroatoms. The van der Waals surface area contributed by atoms with Crippen LogP contribution in [0, 0.1) is 0 Å². The van der Waals surface area contributed by atoms with Crippen LogP contribution in [-0.2, 0) is 29.2 Å². The Morgan fingerprint density at radius 1 is 0.617 bits per heavy atom. The summed E-state index contributed by atoms with van der Waals surface area (Å²) in [7, 11) is 0. The molecule has 47 heavy (non-hydrogen) atoms. The first-order valence-electron chi connectivity index (χ1n) is 15.9. The van der Waals surface area contributed by atoms with Gasteiger partial charge in [-0.1, -0.05) is 109 Å². The third kappa shape index (κ3) is 6.80. The summed E-state index contributed by atoms with van der Waals surface area (Å²) in [5, 5.41) is 9.60. The van der Waals surface area contributed by atoms with Crippen molar-refractivity contribution in [1.29, 1.82) is 0 Å². The van der Waals surface area contributed by atoms with Crippen LogP contribution in [0.5, 0.6) is 0 Å². The summed E-state index contributed by atoms with van der Waals surface area (Å²) in [6.07, 6.45) is -0.401. The first-order chi connectivity index (χ1) is 23.1. The Morgan fingerprint density at radius 3 is 1.70 bits per heavy atom. The number of ether oxygens (including phenoxy) is 2. The summed E-state index contributed by atoms with van der Waals surface area (Å²) in [5.41, 5.74) is 6.43. The highest BCUT2D eigenvalue weighted by molar-refractivity contribution is 6.34. The minimum atomic E-state index is -0.664. The van der Waals surface area contributed by atoms with E-state index in [2.05, 4.69) is 53.4 Å². The maximum Gasteiger partial charge on any atom is 0.266 e. The van der Waals surface area contributed by atoms with Gasteiger partial charge in [0.05, 0.1) is 35.6 Å². The molecule has 2 aliphatic heterocycles. The zero-order valence-corrected chi connectivity index (χ0v) is 25.9. The molecule has 0 unspecified atom stereocenters. The zero-order chi connectivity index (χ0) is 32.2. The van der Waals surface area contributed by atoms with Crippen LogP contribution >= 0.6 is 0 Å². The highest BCUT2D eigenvalue weighted by Crippen LogP contribution is 2.39. The lowest BCUT2D eigenvalue weighted by Crippen LogP contribution is -2.39. The van der Waals surface area contributed by atoms with Crippen LogP contribution in [0.15, 0.2) is 133 Å². The maximum atomic E-state index is 13.1. The van der Waals surface area contributed by atoms with Crippen LogP contribution in [0.25, 0.3) is 0 Å². The molecule has 0 aliphatic carbocycles. The van der Waals surface area contributed by atoms with Crippen LogP contribution in [0.1, 0.15) is 67.3 Å². The van der Waals surface area contributed by atoms with Gasteiger partial charge in [0.2, 0.25) is 0 Å². The summed E-state index contributed by atoms with van der Waals surface area (Å²) in [6, 6.07) is 42.9. The molecule has 0 aromatic heterocycles. The molecule has 0 bridgehead atoms. The van der Waals surface area contributed by atoms with Gasteiger partial charge in [-0.05, 0) is 46.5 Å². The van der Waals surface area contributed by atoms with E-state index in [1.807, 2.05) is 48.5 Å². The SMILES string of the molecule is O=C1c2ccccc2C(=O)N1c1ccc([C@@H]2O[C@H](CN(Cc3ccccc3)Cc3ccccc3)C[C@H](c3ccc(CO)cc3)O2)cc1. The quantitative estimate of drug-likeness (QED) is 0.165. The number of fused-ring (bicyclic) bond motifs is 1. The Morgan fingerprint density at radius 2 is 1.15 bits per heavy atom. The first kappa shape index (κ1) is 30.7. The molecule has 3 atom stereocenters. The second-order valence-electron chi connectivity index (χ2n) is 12.1. The van der Waals surface area contributed by atoms with Crippen LogP contribution in [0.3, 0.4) is 0 Å². The van der Waals surface area contributed by atoms with Crippen molar-refractivity contribution in [2.75, 3.05) is 11.4 Å². The van der Waals surface area contributed by atoms with E-state index in [0.717, 1.165) is 29.8 Å². The molecule has 2 aliphatic rings. The Bertz CT molecular complexity index is 1750. The molecular weight excluding hydrogens is 588 g/mol. The molecule has 7 rings (SSSR count). The van der Waals surface area contributed by atoms with E-state index in [9.17, 15) is 14.7 Å². The predicted octanol–water partition coefficient (Wildman–Crippen LogP) is 7.23. The van der Waals surface area contributed by atoms with E-state index in [4.69, 9.17) is 9.47 Å². The summed E-state index contributed by atoms with van der Waals surface area (Å²) in [5.74, 6) is -0.654. The number of carbonyl (C=O) groups excluding carboxylic acids is 2. The number of nitrogens with zero attached hydrogens (tertiary/aromatic N) is 2. The van der Waals surface area contributed by atoms with Crippen molar-refractivity contribution in [3.05, 3.63) is 172 Å². The molecule has 1 fully saturated rings. The molecule has 2 amide bonds. The smallest absolute Gasteiger partial charge is 0.266 e. The zero-order valence-electron chi connectivity index (χ0n) is 25.9. The number of hydrogen-bond acceptors (Lipinski definition) is 6. The first-order valence-corrected chi connectivity index (χ1v) is 15.9. The number of amides is 2. The van der Waals surface area contributed by atoms with Crippen molar-refractivity contribution in [3.63, 3.8) is 0 Å². The fraction of sp³-hybridized carbons (Fsp3) is 0.200. The van der Waals surface area contributed by atoms with Gasteiger partial charge in [-0.3, -0.25) is 14.5 Å². The van der Waals surface area contributed by atoms with Gasteiger partial charge in [0.25, 0.3) is 11.8 Å². The van der Waals surface area contributed by atoms with Crippen molar-refractivity contribution in [3.8, 4) is 0 Å². The van der Waals surface area contributed by atoms with Crippen molar-refractivity contribution in [2.24, 2.45) is 0 Å². The Balaban J connectivity index is 1.15. The molecule has 0 saturated carbocycles. The highest BCUT2D eigenvalue weighted by Gasteiger charge is 2.37. The largest absolute Gasteiger partial charge is 0.392 e. The minimum absolute atomic E-state index is 0.0203. The van der Waals surface area contributed by atoms with Gasteiger partial charge in [-0.15, -0.1) is 0 Å². The molecule has 2 heterocycles. The Labute approximate surface area is 274 Å². The lowest BCUT2D eigenvalue weighted by atomic mass is 9.99. The molecular formula is C40H36N2O5. The van der Waals surface area contributed by atoms with Gasteiger partial charge in [0, 0.05) is 31.6 Å². The molecule has 0 radical (unpaired) electrons. The fourth-order valence-corrected chi connectivity index (χ4v) is 6.39. The number of benzene rings is 5. The standard InChI is InChI=1S/C40H36N2O5/c43-27-30-15-17-31(18-16-30)37-23-34(26-41(24-28-9-3-1-4-10-28)25-29-11-5-2-6-12-29)46-40(47-37)32-19-21-33(22-20-32)42-38(44)35-13-7-8-14-36(35)39(42)45/h1-22,34,37,40,43H,23-27H2/t34-,37+,40+/m0/s1. The number of hydrogen-bond donors (Lipinski definition) is 1. The van der Waals surface area contributed by atoms with Crippen LogP contribution in [0.4, 0.5) is 5.69 Å². The van der Waals surface area contributed by atoms with E-state index in [1.165, 1.54) is 16.0 Å². The van der Waals surface area contributed by atoms with Gasteiger partial charge in [0.1, 0.15) is 0 Å². The van der Waals surface area contributed by atoms with Crippen LogP contribution in [-0.4, -0.2) is 34.5 Å². The number of anilines is 1. The fourth-order valence-electron chi connectivity index (χ4n) is 6.39. The van der Waals surface area contributed by atoms with Crippen molar-refractivity contribution in [1.82, 2.24) is 4.90 Å². The number of imide groups is 1. The highest BCUT2D eigenvalue weighted by atomic mass is 16.7. The summed E-state index contributed by atoms with van der Waals surface area (Å²) < 4.78 is 13.3. The Hall–Kier alpha value is -4.92. The molecule has 5 aromatic carbocycles. The molecule has 1 saturated heterocycles. The number of rotatable bonds is 10. The topological polar surface area (TPSA) is 79.3 Å². The van der Waals surface area contributed by atoms with Gasteiger partial charge >= 0.3 is 0 Å². The third-order valence-electron chi connectivity index (χ3n) is 8.79. The van der Waals surface area contributed by atoms with Crippen molar-refractivity contribution >= 4 is 17.5 Å². The molecule has 7 nitrogen and oxygen atoms in total. The van der Waals surface area contributed by atoms with E-state index < -0.39 is 6.29 Å². The second kappa shape index (κ2) is 13.8. The van der Waals surface area contributed by atoms with Gasteiger partial charge in [-0.2, -0.15) is 0 Å². The van der Waals surface area contributed by atoms with Crippen molar-refractivity contribution in [2.45, 2.75) is 44.6 Å². The van der Waals surface area contributed by atoms with E-state index in [0.29, 0.717) is 29.8 Å². The van der Waals surface area contributed by atoms with E-state index in [1.54, 1.807) is 36.4 Å².